The molecule has 152 valence electrons. The van der Waals surface area contributed by atoms with Gasteiger partial charge in [-0.25, -0.2) is 14.5 Å². The van der Waals surface area contributed by atoms with Gasteiger partial charge in [0, 0.05) is 5.02 Å². The van der Waals surface area contributed by atoms with Crippen LogP contribution in [0, 0.1) is 0 Å². The predicted molar refractivity (Wildman–Crippen MR) is 104 cm³/mol. The molecule has 0 aromatic heterocycles. The number of rotatable bonds is 5. The number of halogens is 1. The molecule has 2 aliphatic heterocycles. The fourth-order valence-electron chi connectivity index (χ4n) is 3.22. The van der Waals surface area contributed by atoms with Crippen molar-refractivity contribution in [2.45, 2.75) is 18.9 Å². The van der Waals surface area contributed by atoms with Crippen molar-refractivity contribution < 1.29 is 28.8 Å². The summed E-state index contributed by atoms with van der Waals surface area (Å²) in [4.78, 5) is 67.2. The molecule has 1 unspecified atom stereocenters. The van der Waals surface area contributed by atoms with Crippen molar-refractivity contribution in [2.24, 2.45) is 0 Å². The Morgan fingerprint density at radius 1 is 0.967 bits per heavy atom. The van der Waals surface area contributed by atoms with Gasteiger partial charge in [-0.2, -0.15) is 0 Å². The monoisotopic (exact) mass is 427 g/mol. The lowest BCUT2D eigenvalue weighted by molar-refractivity contribution is -0.168. The van der Waals surface area contributed by atoms with E-state index in [0.29, 0.717) is 15.8 Å². The molecule has 0 bridgehead atoms. The standard InChI is InChI=1S/C20H14ClN3O6/c21-11-5-7-12(8-6-11)23-19(28)15(22-20(23)29)9-10-16(25)30-24-17(26)13-3-1-2-4-14(13)18(24)27/h1-8,15H,9-10H2,(H,22,29). The van der Waals surface area contributed by atoms with E-state index in [-0.39, 0.29) is 24.0 Å². The molecule has 0 saturated carbocycles. The molecule has 10 heteroatoms. The second-order valence-corrected chi connectivity index (χ2v) is 7.04. The summed E-state index contributed by atoms with van der Waals surface area (Å²) in [5.41, 5.74) is 0.636. The van der Waals surface area contributed by atoms with Gasteiger partial charge in [-0.15, -0.1) is 0 Å². The average Bonchev–Trinajstić information content (AvgIpc) is 3.15. The molecule has 30 heavy (non-hydrogen) atoms. The topological polar surface area (TPSA) is 113 Å². The second kappa shape index (κ2) is 7.60. The van der Waals surface area contributed by atoms with Crippen LogP contribution < -0.4 is 10.2 Å². The number of fused-ring (bicyclic) bond motifs is 1. The largest absolute Gasteiger partial charge is 0.333 e. The summed E-state index contributed by atoms with van der Waals surface area (Å²) in [7, 11) is 0. The fourth-order valence-corrected chi connectivity index (χ4v) is 3.35. The Balaban J connectivity index is 1.36. The summed E-state index contributed by atoms with van der Waals surface area (Å²) >= 11 is 5.82. The van der Waals surface area contributed by atoms with Gasteiger partial charge >= 0.3 is 12.0 Å². The quantitative estimate of drug-likeness (QED) is 0.578. The van der Waals surface area contributed by atoms with Crippen molar-refractivity contribution in [1.29, 1.82) is 0 Å². The molecule has 5 amide bonds. The maximum Gasteiger partial charge on any atom is 0.333 e. The van der Waals surface area contributed by atoms with Crippen LogP contribution in [-0.4, -0.2) is 40.8 Å². The van der Waals surface area contributed by atoms with E-state index in [1.165, 1.54) is 24.3 Å². The predicted octanol–water partition coefficient (Wildman–Crippen LogP) is 2.30. The van der Waals surface area contributed by atoms with E-state index in [2.05, 4.69) is 5.32 Å². The Bertz CT molecular complexity index is 1050. The normalized spacial score (nSPS) is 18.0. The molecule has 1 N–H and O–H groups in total. The first-order valence-electron chi connectivity index (χ1n) is 8.95. The van der Waals surface area contributed by atoms with Crippen LogP contribution in [0.5, 0.6) is 0 Å². The number of anilines is 1. The molecule has 9 nitrogen and oxygen atoms in total. The number of benzene rings is 2. The van der Waals surface area contributed by atoms with Gasteiger partial charge in [0.1, 0.15) is 6.04 Å². The smallest absolute Gasteiger partial charge is 0.330 e. The Labute approximate surface area is 175 Å². The fraction of sp³-hybridized carbons (Fsp3) is 0.150. The number of urea groups is 1. The number of nitrogens with one attached hydrogen (secondary N) is 1. The first-order valence-corrected chi connectivity index (χ1v) is 9.33. The van der Waals surface area contributed by atoms with E-state index < -0.39 is 35.8 Å². The Morgan fingerprint density at radius 3 is 2.17 bits per heavy atom. The molecule has 2 heterocycles. The molecule has 4 rings (SSSR count). The van der Waals surface area contributed by atoms with Crippen molar-refractivity contribution in [2.75, 3.05) is 4.90 Å². The molecule has 1 saturated heterocycles. The number of carbonyl (C=O) groups excluding carboxylic acids is 5. The zero-order valence-corrected chi connectivity index (χ0v) is 16.1. The zero-order chi connectivity index (χ0) is 21.4. The molecule has 0 aliphatic carbocycles. The van der Waals surface area contributed by atoms with Crippen molar-refractivity contribution in [3.63, 3.8) is 0 Å². The van der Waals surface area contributed by atoms with E-state index in [4.69, 9.17) is 16.4 Å². The summed E-state index contributed by atoms with van der Waals surface area (Å²) in [6.07, 6.45) is -0.352. The number of hydroxylamine groups is 2. The van der Waals surface area contributed by atoms with E-state index in [0.717, 1.165) is 4.90 Å². The molecular weight excluding hydrogens is 414 g/mol. The van der Waals surface area contributed by atoms with Crippen LogP contribution in [0.15, 0.2) is 48.5 Å². The number of amides is 5. The van der Waals surface area contributed by atoms with Gasteiger partial charge in [0.25, 0.3) is 17.7 Å². The van der Waals surface area contributed by atoms with Gasteiger partial charge in [0.2, 0.25) is 0 Å². The summed E-state index contributed by atoms with van der Waals surface area (Å²) in [6, 6.07) is 10.7. The van der Waals surface area contributed by atoms with E-state index in [9.17, 15) is 24.0 Å². The van der Waals surface area contributed by atoms with Gasteiger partial charge in [-0.05, 0) is 42.8 Å². The maximum atomic E-state index is 12.6. The highest BCUT2D eigenvalue weighted by Gasteiger charge is 2.41. The second-order valence-electron chi connectivity index (χ2n) is 6.60. The maximum absolute atomic E-state index is 12.6. The molecule has 2 aromatic carbocycles. The molecular formula is C20H14ClN3O6. The summed E-state index contributed by atoms with van der Waals surface area (Å²) in [5.74, 6) is -2.88. The highest BCUT2D eigenvalue weighted by Crippen LogP contribution is 2.25. The number of carbonyl (C=O) groups is 5. The number of imide groups is 2. The van der Waals surface area contributed by atoms with Crippen LogP contribution in [0.4, 0.5) is 10.5 Å². The minimum Gasteiger partial charge on any atom is -0.330 e. The van der Waals surface area contributed by atoms with E-state index in [1.54, 1.807) is 24.3 Å². The molecule has 2 aromatic rings. The SMILES string of the molecule is O=C(CCC1NC(=O)N(c2ccc(Cl)cc2)C1=O)ON1C(=O)c2ccccc2C1=O. The number of hydrogen-bond acceptors (Lipinski definition) is 6. The van der Waals surface area contributed by atoms with Crippen molar-refractivity contribution in [1.82, 2.24) is 10.4 Å². The zero-order valence-electron chi connectivity index (χ0n) is 15.3. The van der Waals surface area contributed by atoms with E-state index in [1.807, 2.05) is 0 Å². The third-order valence-electron chi connectivity index (χ3n) is 4.69. The third-order valence-corrected chi connectivity index (χ3v) is 4.94. The first kappa shape index (κ1) is 19.6. The molecule has 1 atom stereocenters. The lowest BCUT2D eigenvalue weighted by Gasteiger charge is -2.14. The summed E-state index contributed by atoms with van der Waals surface area (Å²) in [6.45, 7) is 0. The van der Waals surface area contributed by atoms with Crippen molar-refractivity contribution in [3.05, 3.63) is 64.7 Å². The van der Waals surface area contributed by atoms with Crippen LogP contribution in [0.3, 0.4) is 0 Å². The van der Waals surface area contributed by atoms with Crippen molar-refractivity contribution in [3.8, 4) is 0 Å². The van der Waals surface area contributed by atoms with Gasteiger partial charge in [-0.3, -0.25) is 14.4 Å². The lowest BCUT2D eigenvalue weighted by Crippen LogP contribution is -2.34. The van der Waals surface area contributed by atoms with Gasteiger partial charge in [0.05, 0.1) is 23.2 Å². The van der Waals surface area contributed by atoms with Crippen LogP contribution in [0.1, 0.15) is 33.6 Å². The average molecular weight is 428 g/mol. The Morgan fingerprint density at radius 2 is 1.57 bits per heavy atom. The van der Waals surface area contributed by atoms with Gasteiger partial charge in [-0.1, -0.05) is 28.8 Å². The summed E-state index contributed by atoms with van der Waals surface area (Å²) < 4.78 is 0. The molecule has 1 fully saturated rings. The van der Waals surface area contributed by atoms with Gasteiger partial charge < -0.3 is 10.2 Å². The third kappa shape index (κ3) is 3.39. The lowest BCUT2D eigenvalue weighted by atomic mass is 10.1. The minimum absolute atomic E-state index is 0.0589. The van der Waals surface area contributed by atoms with Crippen LogP contribution in [-0.2, 0) is 14.4 Å². The Hall–Kier alpha value is -3.72. The van der Waals surface area contributed by atoms with E-state index >= 15 is 0 Å². The minimum atomic E-state index is -0.942. The highest BCUT2D eigenvalue weighted by atomic mass is 35.5. The first-order chi connectivity index (χ1) is 14.4. The molecule has 0 spiro atoms. The Kier molecular flexibility index (Phi) is 4.96. The summed E-state index contributed by atoms with van der Waals surface area (Å²) in [5, 5.41) is 3.36. The molecule has 0 radical (unpaired) electrons. The number of hydrogen-bond donors (Lipinski definition) is 1. The highest BCUT2D eigenvalue weighted by molar-refractivity contribution is 6.30. The van der Waals surface area contributed by atoms with Crippen LogP contribution >= 0.6 is 11.6 Å². The van der Waals surface area contributed by atoms with Crippen LogP contribution in [0.25, 0.3) is 0 Å². The van der Waals surface area contributed by atoms with Crippen LogP contribution in [0.2, 0.25) is 5.02 Å². The van der Waals surface area contributed by atoms with Gasteiger partial charge in [0.15, 0.2) is 0 Å². The van der Waals surface area contributed by atoms with Crippen molar-refractivity contribution >= 4 is 47.0 Å². The number of nitrogens with zero attached hydrogens (tertiary/aromatic N) is 2. The molecule has 2 aliphatic rings.